The van der Waals surface area contributed by atoms with Gasteiger partial charge in [-0.25, -0.2) is 9.37 Å². The Morgan fingerprint density at radius 3 is 2.92 bits per heavy atom. The van der Waals surface area contributed by atoms with Gasteiger partial charge in [-0.05, 0) is 24.3 Å². The molecular formula is C17H19FN4O3. The quantitative estimate of drug-likeness (QED) is 0.882. The number of ether oxygens (including phenoxy) is 2. The fourth-order valence-electron chi connectivity index (χ4n) is 2.56. The van der Waals surface area contributed by atoms with Crippen LogP contribution in [0.5, 0.6) is 6.01 Å². The summed E-state index contributed by atoms with van der Waals surface area (Å²) in [6.07, 6.45) is 1.55. The lowest BCUT2D eigenvalue weighted by Gasteiger charge is -2.29. The Kier molecular flexibility index (Phi) is 5.39. The van der Waals surface area contributed by atoms with Gasteiger partial charge in [0.25, 0.3) is 5.91 Å². The average molecular weight is 346 g/mol. The van der Waals surface area contributed by atoms with E-state index in [1.54, 1.807) is 18.3 Å². The van der Waals surface area contributed by atoms with Crippen molar-refractivity contribution in [2.45, 2.75) is 6.54 Å². The number of morpholine rings is 1. The SMILES string of the molecule is COc1nccc(CNC(=O)c2cc(F)cc(N3CCOCC3)c2)n1. The topological polar surface area (TPSA) is 76.6 Å². The van der Waals surface area contributed by atoms with Crippen molar-refractivity contribution < 1.29 is 18.7 Å². The van der Waals surface area contributed by atoms with Crippen molar-refractivity contribution in [2.24, 2.45) is 0 Å². The van der Waals surface area contributed by atoms with Gasteiger partial charge in [-0.1, -0.05) is 0 Å². The van der Waals surface area contributed by atoms with Gasteiger partial charge in [-0.15, -0.1) is 0 Å². The number of carbonyl (C=O) groups excluding carboxylic acids is 1. The van der Waals surface area contributed by atoms with Gasteiger partial charge in [0, 0.05) is 30.5 Å². The fraction of sp³-hybridized carbons (Fsp3) is 0.353. The summed E-state index contributed by atoms with van der Waals surface area (Å²) in [5, 5.41) is 2.73. The summed E-state index contributed by atoms with van der Waals surface area (Å²) < 4.78 is 24.2. The number of benzene rings is 1. The highest BCUT2D eigenvalue weighted by atomic mass is 19.1. The van der Waals surface area contributed by atoms with E-state index in [9.17, 15) is 9.18 Å². The number of nitrogens with one attached hydrogen (secondary N) is 1. The minimum absolute atomic E-state index is 0.196. The molecule has 1 aliphatic rings. The summed E-state index contributed by atoms with van der Waals surface area (Å²) in [6.45, 7) is 2.72. The second-order valence-electron chi connectivity index (χ2n) is 5.51. The van der Waals surface area contributed by atoms with Crippen molar-refractivity contribution in [1.82, 2.24) is 15.3 Å². The molecule has 0 bridgehead atoms. The molecule has 0 aliphatic carbocycles. The maximum Gasteiger partial charge on any atom is 0.316 e. The van der Waals surface area contributed by atoms with Crippen molar-refractivity contribution in [2.75, 3.05) is 38.3 Å². The van der Waals surface area contributed by atoms with Gasteiger partial charge < -0.3 is 19.7 Å². The van der Waals surface area contributed by atoms with Crippen LogP contribution in [0.3, 0.4) is 0 Å². The number of hydrogen-bond acceptors (Lipinski definition) is 6. The maximum absolute atomic E-state index is 13.9. The van der Waals surface area contributed by atoms with Crippen LogP contribution in [-0.2, 0) is 11.3 Å². The van der Waals surface area contributed by atoms with Crippen LogP contribution in [0.1, 0.15) is 16.1 Å². The van der Waals surface area contributed by atoms with Crippen molar-refractivity contribution in [1.29, 1.82) is 0 Å². The lowest BCUT2D eigenvalue weighted by molar-refractivity contribution is 0.0949. The van der Waals surface area contributed by atoms with E-state index >= 15 is 0 Å². The Morgan fingerprint density at radius 2 is 2.16 bits per heavy atom. The van der Waals surface area contributed by atoms with E-state index < -0.39 is 5.82 Å². The molecule has 1 amide bonds. The van der Waals surface area contributed by atoms with Crippen LogP contribution < -0.4 is 15.0 Å². The molecule has 0 unspecified atom stereocenters. The molecule has 0 atom stereocenters. The molecule has 25 heavy (non-hydrogen) atoms. The molecule has 0 saturated carbocycles. The lowest BCUT2D eigenvalue weighted by atomic mass is 10.1. The number of anilines is 1. The zero-order chi connectivity index (χ0) is 17.6. The van der Waals surface area contributed by atoms with Crippen LogP contribution >= 0.6 is 0 Å². The molecule has 132 valence electrons. The normalized spacial score (nSPS) is 14.2. The number of rotatable bonds is 5. The molecule has 3 rings (SSSR count). The third-order valence-electron chi connectivity index (χ3n) is 3.82. The summed E-state index contributed by atoms with van der Waals surface area (Å²) in [5.41, 5.74) is 1.55. The Bertz CT molecular complexity index is 750. The molecule has 0 spiro atoms. The van der Waals surface area contributed by atoms with Crippen molar-refractivity contribution in [3.05, 3.63) is 47.5 Å². The molecule has 1 fully saturated rings. The largest absolute Gasteiger partial charge is 0.467 e. The van der Waals surface area contributed by atoms with Gasteiger partial charge in [0.05, 0.1) is 32.6 Å². The average Bonchev–Trinajstić information content (AvgIpc) is 2.66. The number of halogens is 1. The van der Waals surface area contributed by atoms with Crippen LogP contribution in [0.2, 0.25) is 0 Å². The molecule has 1 aromatic carbocycles. The molecule has 8 heteroatoms. The van der Waals surface area contributed by atoms with Gasteiger partial charge in [0.1, 0.15) is 5.82 Å². The van der Waals surface area contributed by atoms with E-state index in [4.69, 9.17) is 9.47 Å². The smallest absolute Gasteiger partial charge is 0.316 e. The molecular weight excluding hydrogens is 327 g/mol. The molecule has 2 aromatic rings. The second kappa shape index (κ2) is 7.89. The Balaban J connectivity index is 1.69. The number of carbonyl (C=O) groups is 1. The van der Waals surface area contributed by atoms with E-state index in [1.807, 2.05) is 4.90 Å². The predicted molar refractivity (Wildman–Crippen MR) is 89.2 cm³/mol. The summed E-state index contributed by atoms with van der Waals surface area (Å²) in [6, 6.07) is 6.24. The first-order valence-electron chi connectivity index (χ1n) is 7.93. The number of nitrogens with zero attached hydrogens (tertiary/aromatic N) is 3. The lowest BCUT2D eigenvalue weighted by Crippen LogP contribution is -2.36. The van der Waals surface area contributed by atoms with Crippen LogP contribution in [0, 0.1) is 5.82 Å². The first kappa shape index (κ1) is 17.1. The maximum atomic E-state index is 13.9. The van der Waals surface area contributed by atoms with Crippen molar-refractivity contribution in [3.63, 3.8) is 0 Å². The minimum Gasteiger partial charge on any atom is -0.467 e. The first-order chi connectivity index (χ1) is 12.2. The van der Waals surface area contributed by atoms with E-state index in [0.717, 1.165) is 0 Å². The number of aromatic nitrogens is 2. The minimum atomic E-state index is -0.446. The van der Waals surface area contributed by atoms with Gasteiger partial charge in [-0.2, -0.15) is 4.98 Å². The van der Waals surface area contributed by atoms with Gasteiger partial charge in [0.15, 0.2) is 0 Å². The van der Waals surface area contributed by atoms with Crippen LogP contribution in [0.15, 0.2) is 30.5 Å². The van der Waals surface area contributed by atoms with E-state index in [2.05, 4.69) is 15.3 Å². The molecule has 1 N–H and O–H groups in total. The van der Waals surface area contributed by atoms with Crippen LogP contribution in [-0.4, -0.2) is 49.3 Å². The van der Waals surface area contributed by atoms with E-state index in [0.29, 0.717) is 37.7 Å². The van der Waals surface area contributed by atoms with Crippen LogP contribution in [0.4, 0.5) is 10.1 Å². The monoisotopic (exact) mass is 346 g/mol. The summed E-state index contributed by atoms with van der Waals surface area (Å²) in [5.74, 6) is -0.815. The number of methoxy groups -OCH3 is 1. The summed E-state index contributed by atoms with van der Waals surface area (Å²) >= 11 is 0. The molecule has 7 nitrogen and oxygen atoms in total. The first-order valence-corrected chi connectivity index (χ1v) is 7.93. The van der Waals surface area contributed by atoms with E-state index in [-0.39, 0.29) is 24.0 Å². The zero-order valence-electron chi connectivity index (χ0n) is 13.9. The Labute approximate surface area is 144 Å². The molecule has 0 radical (unpaired) electrons. The number of amides is 1. The molecule has 1 aliphatic heterocycles. The molecule has 2 heterocycles. The van der Waals surface area contributed by atoms with Gasteiger partial charge >= 0.3 is 6.01 Å². The predicted octanol–water partition coefficient (Wildman–Crippen LogP) is 1.39. The Morgan fingerprint density at radius 1 is 1.36 bits per heavy atom. The van der Waals surface area contributed by atoms with Crippen molar-refractivity contribution in [3.8, 4) is 6.01 Å². The summed E-state index contributed by atoms with van der Waals surface area (Å²) in [7, 11) is 1.47. The third-order valence-corrected chi connectivity index (χ3v) is 3.82. The highest BCUT2D eigenvalue weighted by Crippen LogP contribution is 2.20. The van der Waals surface area contributed by atoms with Gasteiger partial charge in [0.2, 0.25) is 0 Å². The zero-order valence-corrected chi connectivity index (χ0v) is 13.9. The Hall–Kier alpha value is -2.74. The highest BCUT2D eigenvalue weighted by Gasteiger charge is 2.15. The third kappa shape index (κ3) is 4.42. The second-order valence-corrected chi connectivity index (χ2v) is 5.51. The molecule has 1 saturated heterocycles. The molecule has 1 aromatic heterocycles. The van der Waals surface area contributed by atoms with Gasteiger partial charge in [-0.3, -0.25) is 4.79 Å². The summed E-state index contributed by atoms with van der Waals surface area (Å²) in [4.78, 5) is 22.4. The number of hydrogen-bond donors (Lipinski definition) is 1. The van der Waals surface area contributed by atoms with Crippen molar-refractivity contribution >= 4 is 11.6 Å². The fourth-order valence-corrected chi connectivity index (χ4v) is 2.56. The van der Waals surface area contributed by atoms with Crippen LogP contribution in [0.25, 0.3) is 0 Å². The highest BCUT2D eigenvalue weighted by molar-refractivity contribution is 5.95. The standard InChI is InChI=1S/C17H19FN4O3/c1-24-17-19-3-2-14(21-17)11-20-16(23)12-8-13(18)10-15(9-12)22-4-6-25-7-5-22/h2-3,8-10H,4-7,11H2,1H3,(H,20,23). The van der Waals surface area contributed by atoms with E-state index in [1.165, 1.54) is 19.2 Å².